The summed E-state index contributed by atoms with van der Waals surface area (Å²) in [5.41, 5.74) is 0. The molecule has 0 aliphatic heterocycles. The van der Waals surface area contributed by atoms with Crippen LogP contribution >= 0.6 is 0 Å². The molecule has 31 valence electrons. The fourth-order valence-corrected chi connectivity index (χ4v) is 0. The second-order valence-corrected chi connectivity index (χ2v) is 0. The van der Waals surface area contributed by atoms with E-state index in [0.29, 0.717) is 0 Å². The van der Waals surface area contributed by atoms with Crippen LogP contribution in [0.1, 0.15) is 0 Å². The van der Waals surface area contributed by atoms with E-state index in [1.165, 1.54) is 0 Å². The number of rotatable bonds is 0. The summed E-state index contributed by atoms with van der Waals surface area (Å²) in [6, 6.07) is 0. The average molecular weight is 543 g/mol. The minimum absolute atomic E-state index is 0. The Morgan fingerprint density at radius 1 is 0.833 bits per heavy atom. The summed E-state index contributed by atoms with van der Waals surface area (Å²) in [6.07, 6.45) is 0. The zero-order valence-electron chi connectivity index (χ0n) is 2.46. The van der Waals surface area contributed by atoms with E-state index >= 15 is 0 Å². The van der Waals surface area contributed by atoms with Crippen molar-refractivity contribution in [1.82, 2.24) is 0 Å². The zero-order valence-corrected chi connectivity index (χ0v) is 13.5. The molecule has 0 aromatic carbocycles. The molecule has 0 N–H and O–H groups in total. The molecule has 0 aliphatic carbocycles. The molecular weight excluding hydrogens is 543 g/mol. The first kappa shape index (κ1) is 50.1. The summed E-state index contributed by atoms with van der Waals surface area (Å²) < 4.78 is 0. The summed E-state index contributed by atoms with van der Waals surface area (Å²) in [5, 5.41) is 0. The summed E-state index contributed by atoms with van der Waals surface area (Å²) in [7, 11) is 0. The van der Waals surface area contributed by atoms with Crippen molar-refractivity contribution in [2.45, 2.75) is 0 Å². The molecule has 0 heterocycles. The van der Waals surface area contributed by atoms with E-state index in [9.17, 15) is 0 Å². The monoisotopic (exact) mass is 541 g/mol. The van der Waals surface area contributed by atoms with Crippen LogP contribution in [0.2, 0.25) is 0 Å². The van der Waals surface area contributed by atoms with Gasteiger partial charge in [0.25, 0.3) is 0 Å². The fraction of sp³-hybridized carbons (Fsp3) is 0. The summed E-state index contributed by atoms with van der Waals surface area (Å²) in [6.45, 7) is 0. The first-order valence-electron chi connectivity index (χ1n) is 0. The SMILES string of the molecule is [Cu+].[Cu+].[Nb+2].[Ti+2].[W+2].[Zr+2]. The van der Waals surface area contributed by atoms with Crippen LogP contribution in [0.15, 0.2) is 0 Å². The molecule has 0 saturated heterocycles. The van der Waals surface area contributed by atoms with Gasteiger partial charge >= 0.3 is 126 Å². The third-order valence-electron chi connectivity index (χ3n) is 0. The van der Waals surface area contributed by atoms with Gasteiger partial charge in [0.05, 0.1) is 0 Å². The van der Waals surface area contributed by atoms with Crippen molar-refractivity contribution < 1.29 is 126 Å². The number of hydrogen-bond acceptors (Lipinski definition) is 0. The van der Waals surface area contributed by atoms with Gasteiger partial charge in [0.15, 0.2) is 0 Å². The van der Waals surface area contributed by atoms with Crippen LogP contribution in [-0.2, 0) is 126 Å². The van der Waals surface area contributed by atoms with Crippen LogP contribution in [0.4, 0.5) is 0 Å². The van der Waals surface area contributed by atoms with Gasteiger partial charge in [-0.05, 0) is 0 Å². The van der Waals surface area contributed by atoms with Gasteiger partial charge in [0, 0.05) is 0 Å². The van der Waals surface area contributed by atoms with Gasteiger partial charge in [0.2, 0.25) is 0 Å². The van der Waals surface area contributed by atoms with Crippen molar-refractivity contribution in [2.24, 2.45) is 0 Å². The van der Waals surface area contributed by atoms with E-state index in [1.807, 2.05) is 0 Å². The molecule has 0 rings (SSSR count). The molecule has 0 unspecified atom stereocenters. The molecule has 0 aliphatic rings. The van der Waals surface area contributed by atoms with E-state index in [1.54, 1.807) is 0 Å². The molecule has 6 heavy (non-hydrogen) atoms. The van der Waals surface area contributed by atoms with Gasteiger partial charge in [-0.3, -0.25) is 0 Å². The molecule has 0 aromatic rings. The van der Waals surface area contributed by atoms with E-state index < -0.39 is 0 Å². The van der Waals surface area contributed by atoms with Gasteiger partial charge in [-0.1, -0.05) is 0 Å². The van der Waals surface area contributed by atoms with Crippen molar-refractivity contribution in [2.75, 3.05) is 0 Å². The van der Waals surface area contributed by atoms with Crippen molar-refractivity contribution in [3.8, 4) is 0 Å². The second-order valence-electron chi connectivity index (χ2n) is 0. The average Bonchev–Trinajstić information content (AvgIpc) is 0. The summed E-state index contributed by atoms with van der Waals surface area (Å²) in [4.78, 5) is 0. The van der Waals surface area contributed by atoms with Crippen molar-refractivity contribution in [3.63, 3.8) is 0 Å². The van der Waals surface area contributed by atoms with Crippen LogP contribution in [-0.4, -0.2) is 0 Å². The third kappa shape index (κ3) is 24.4. The van der Waals surface area contributed by atoms with Crippen LogP contribution in [0.5, 0.6) is 0 Å². The van der Waals surface area contributed by atoms with Crippen LogP contribution < -0.4 is 0 Å². The Morgan fingerprint density at radius 3 is 0.833 bits per heavy atom. The molecule has 0 bridgehead atoms. The topological polar surface area (TPSA) is 0 Å². The molecule has 0 aromatic heterocycles. The van der Waals surface area contributed by atoms with Gasteiger partial charge in [-0.2, -0.15) is 0 Å². The third-order valence-corrected chi connectivity index (χ3v) is 0. The largest absolute Gasteiger partial charge is 2.00 e. The van der Waals surface area contributed by atoms with Crippen LogP contribution in [0.3, 0.4) is 0 Å². The fourth-order valence-electron chi connectivity index (χ4n) is 0. The summed E-state index contributed by atoms with van der Waals surface area (Å²) >= 11 is 0. The quantitative estimate of drug-likeness (QED) is 0.378. The molecule has 0 fully saturated rings. The van der Waals surface area contributed by atoms with E-state index in [-0.39, 0.29) is 126 Å². The molecule has 0 nitrogen and oxygen atoms in total. The standard InChI is InChI=1S/2Cu.Nb.Ti.W.Zr/q2*+1;4*+2. The van der Waals surface area contributed by atoms with Gasteiger partial charge in [0.1, 0.15) is 0 Å². The molecule has 0 saturated carbocycles. The predicted octanol–water partition coefficient (Wildman–Crippen LogP) is -0.0150. The first-order valence-corrected chi connectivity index (χ1v) is 0. The Kier molecular flexibility index (Phi) is 298. The minimum Gasteiger partial charge on any atom is 1.00 e. The Morgan fingerprint density at radius 2 is 0.833 bits per heavy atom. The van der Waals surface area contributed by atoms with Crippen LogP contribution in [0, 0.1) is 0 Å². The van der Waals surface area contributed by atoms with Gasteiger partial charge in [-0.25, -0.2) is 0 Å². The second kappa shape index (κ2) is 35.7. The van der Waals surface area contributed by atoms with Crippen LogP contribution in [0.25, 0.3) is 0 Å². The molecule has 1 radical (unpaired) electrons. The van der Waals surface area contributed by atoms with E-state index in [2.05, 4.69) is 0 Å². The predicted molar refractivity (Wildman–Crippen MR) is 0 cm³/mol. The number of hydrogen-bond donors (Lipinski definition) is 0. The Labute approximate surface area is 123 Å². The summed E-state index contributed by atoms with van der Waals surface area (Å²) in [5.74, 6) is 0. The Bertz CT molecular complexity index is 13.5. The molecular formula is Cu2NbTiWZr+10. The van der Waals surface area contributed by atoms with E-state index in [0.717, 1.165) is 0 Å². The molecule has 6 heteroatoms. The first-order chi connectivity index (χ1) is 0. The van der Waals surface area contributed by atoms with Crippen molar-refractivity contribution in [3.05, 3.63) is 0 Å². The maximum atomic E-state index is 0. The maximum absolute atomic E-state index is 0. The smallest absolute Gasteiger partial charge is 1.00 e. The van der Waals surface area contributed by atoms with E-state index in [4.69, 9.17) is 0 Å². The molecule has 0 spiro atoms. The van der Waals surface area contributed by atoms with Gasteiger partial charge < -0.3 is 0 Å². The molecule has 0 atom stereocenters. The minimum atomic E-state index is 0. The molecule has 0 amide bonds. The maximum Gasteiger partial charge on any atom is 2.00 e. The van der Waals surface area contributed by atoms with Gasteiger partial charge in [-0.15, -0.1) is 0 Å². The Balaban J connectivity index is 0. The normalized spacial score (nSPS) is 0. The zero-order chi connectivity index (χ0) is 0. The van der Waals surface area contributed by atoms with Crippen molar-refractivity contribution in [1.29, 1.82) is 0 Å². The Hall–Kier alpha value is 4.06. The van der Waals surface area contributed by atoms with Crippen molar-refractivity contribution >= 4 is 0 Å².